The molecule has 1 atom stereocenters. The second-order valence-electron chi connectivity index (χ2n) is 3.12. The number of nitrogens with one attached hydrogen (secondary N) is 1. The van der Waals surface area contributed by atoms with Crippen molar-refractivity contribution in [2.24, 2.45) is 5.73 Å². The highest BCUT2D eigenvalue weighted by molar-refractivity contribution is 5.75. The topological polar surface area (TPSA) is 55.1 Å². The van der Waals surface area contributed by atoms with Gasteiger partial charge in [0.05, 0.1) is 6.54 Å². The Bertz CT molecular complexity index is 328. The van der Waals surface area contributed by atoms with Crippen molar-refractivity contribution in [3.8, 4) is 0 Å². The molecule has 76 valence electrons. The zero-order valence-electron chi connectivity index (χ0n) is 7.96. The van der Waals surface area contributed by atoms with Crippen LogP contribution in [0.4, 0.5) is 4.39 Å². The molecule has 0 aliphatic heterocycles. The Morgan fingerprint density at radius 2 is 2.36 bits per heavy atom. The predicted octanol–water partition coefficient (Wildman–Crippen LogP) is 0.962. The van der Waals surface area contributed by atoms with E-state index >= 15 is 0 Å². The van der Waals surface area contributed by atoms with E-state index in [2.05, 4.69) is 5.32 Å². The van der Waals surface area contributed by atoms with Crippen molar-refractivity contribution in [1.29, 1.82) is 0 Å². The summed E-state index contributed by atoms with van der Waals surface area (Å²) in [7, 11) is 0. The third-order valence-electron chi connectivity index (χ3n) is 1.93. The smallest absolute Gasteiger partial charge is 0.231 e. The lowest BCUT2D eigenvalue weighted by Gasteiger charge is -2.12. The fraction of sp³-hybridized carbons (Fsp3) is 0.300. The average molecular weight is 196 g/mol. The van der Waals surface area contributed by atoms with Gasteiger partial charge in [-0.2, -0.15) is 0 Å². The summed E-state index contributed by atoms with van der Waals surface area (Å²) in [5.41, 5.74) is 5.77. The lowest BCUT2D eigenvalue weighted by atomic mass is 10.1. The summed E-state index contributed by atoms with van der Waals surface area (Å²) in [6.07, 6.45) is 0. The molecule has 3 N–H and O–H groups in total. The van der Waals surface area contributed by atoms with Gasteiger partial charge in [0, 0.05) is 6.04 Å². The van der Waals surface area contributed by atoms with E-state index in [0.29, 0.717) is 0 Å². The van der Waals surface area contributed by atoms with Crippen LogP contribution >= 0.6 is 0 Å². The molecule has 0 bridgehead atoms. The monoisotopic (exact) mass is 196 g/mol. The van der Waals surface area contributed by atoms with Gasteiger partial charge in [-0.05, 0) is 24.6 Å². The second kappa shape index (κ2) is 4.72. The van der Waals surface area contributed by atoms with Gasteiger partial charge in [0.2, 0.25) is 5.91 Å². The number of amides is 1. The van der Waals surface area contributed by atoms with Crippen molar-refractivity contribution in [3.63, 3.8) is 0 Å². The number of hydrogen-bond acceptors (Lipinski definition) is 2. The maximum absolute atomic E-state index is 12.8. The van der Waals surface area contributed by atoms with E-state index in [4.69, 9.17) is 5.73 Å². The lowest BCUT2D eigenvalue weighted by Crippen LogP contribution is -2.30. The normalized spacial score (nSPS) is 12.4. The van der Waals surface area contributed by atoms with Crippen LogP contribution in [0.25, 0.3) is 0 Å². The van der Waals surface area contributed by atoms with Crippen molar-refractivity contribution in [1.82, 2.24) is 5.32 Å². The Labute approximate surface area is 82.1 Å². The molecule has 1 rings (SSSR count). The minimum atomic E-state index is -0.423. The molecular formula is C10H13FN2O. The highest BCUT2D eigenvalue weighted by Crippen LogP contribution is 2.12. The Kier molecular flexibility index (Phi) is 3.59. The minimum absolute atomic E-state index is 0.0850. The van der Waals surface area contributed by atoms with Crippen molar-refractivity contribution in [3.05, 3.63) is 35.6 Å². The number of benzene rings is 1. The zero-order chi connectivity index (χ0) is 10.6. The van der Waals surface area contributed by atoms with Crippen molar-refractivity contribution >= 4 is 5.91 Å². The highest BCUT2D eigenvalue weighted by atomic mass is 19.1. The SMILES string of the molecule is C[C@H](NCC(N)=O)c1cccc(F)c1. The van der Waals surface area contributed by atoms with Gasteiger partial charge >= 0.3 is 0 Å². The Morgan fingerprint density at radius 1 is 1.64 bits per heavy atom. The van der Waals surface area contributed by atoms with E-state index < -0.39 is 5.91 Å². The Balaban J connectivity index is 2.60. The summed E-state index contributed by atoms with van der Waals surface area (Å²) >= 11 is 0. The number of hydrogen-bond donors (Lipinski definition) is 2. The molecule has 3 nitrogen and oxygen atoms in total. The molecular weight excluding hydrogens is 183 g/mol. The number of nitrogens with two attached hydrogens (primary N) is 1. The molecule has 0 saturated carbocycles. The molecule has 0 saturated heterocycles. The molecule has 0 fully saturated rings. The molecule has 0 spiro atoms. The predicted molar refractivity (Wildman–Crippen MR) is 52.0 cm³/mol. The van der Waals surface area contributed by atoms with Crippen LogP contribution in [0.15, 0.2) is 24.3 Å². The van der Waals surface area contributed by atoms with Gasteiger partial charge < -0.3 is 11.1 Å². The van der Waals surface area contributed by atoms with E-state index in [-0.39, 0.29) is 18.4 Å². The summed E-state index contributed by atoms with van der Waals surface area (Å²) < 4.78 is 12.8. The first-order valence-corrected chi connectivity index (χ1v) is 4.36. The Morgan fingerprint density at radius 3 is 2.93 bits per heavy atom. The van der Waals surface area contributed by atoms with Gasteiger partial charge in [0.15, 0.2) is 0 Å². The molecule has 4 heteroatoms. The van der Waals surface area contributed by atoms with Crippen molar-refractivity contribution < 1.29 is 9.18 Å². The van der Waals surface area contributed by atoms with Crippen LogP contribution in [0, 0.1) is 5.82 Å². The lowest BCUT2D eigenvalue weighted by molar-refractivity contribution is -0.117. The summed E-state index contributed by atoms with van der Waals surface area (Å²) in [6.45, 7) is 1.94. The summed E-state index contributed by atoms with van der Waals surface area (Å²) in [5, 5.41) is 2.88. The maximum atomic E-state index is 12.8. The van der Waals surface area contributed by atoms with E-state index in [1.807, 2.05) is 6.92 Å². The molecule has 1 aromatic rings. The minimum Gasteiger partial charge on any atom is -0.369 e. The number of primary amides is 1. The van der Waals surface area contributed by atoms with Gasteiger partial charge in [-0.1, -0.05) is 12.1 Å². The fourth-order valence-corrected chi connectivity index (χ4v) is 1.15. The fourth-order valence-electron chi connectivity index (χ4n) is 1.15. The molecule has 1 aromatic carbocycles. The highest BCUT2D eigenvalue weighted by Gasteiger charge is 2.06. The average Bonchev–Trinajstić information content (AvgIpc) is 2.14. The number of carbonyl (C=O) groups is 1. The largest absolute Gasteiger partial charge is 0.369 e. The number of carbonyl (C=O) groups excluding carboxylic acids is 1. The third kappa shape index (κ3) is 3.14. The van der Waals surface area contributed by atoms with Crippen LogP contribution in [0.3, 0.4) is 0 Å². The molecule has 14 heavy (non-hydrogen) atoms. The first-order valence-electron chi connectivity index (χ1n) is 4.36. The molecule has 0 aliphatic rings. The van der Waals surface area contributed by atoms with E-state index in [1.54, 1.807) is 12.1 Å². The molecule has 1 amide bonds. The van der Waals surface area contributed by atoms with E-state index in [0.717, 1.165) is 5.56 Å². The van der Waals surface area contributed by atoms with Crippen LogP contribution in [0.5, 0.6) is 0 Å². The van der Waals surface area contributed by atoms with Crippen molar-refractivity contribution in [2.75, 3.05) is 6.54 Å². The van der Waals surface area contributed by atoms with E-state index in [9.17, 15) is 9.18 Å². The van der Waals surface area contributed by atoms with Crippen LogP contribution in [0.1, 0.15) is 18.5 Å². The van der Waals surface area contributed by atoms with Gasteiger partial charge in [0.25, 0.3) is 0 Å². The molecule has 0 aliphatic carbocycles. The van der Waals surface area contributed by atoms with Gasteiger partial charge in [-0.25, -0.2) is 4.39 Å². The van der Waals surface area contributed by atoms with Gasteiger partial charge in [-0.3, -0.25) is 4.79 Å². The van der Waals surface area contributed by atoms with E-state index in [1.165, 1.54) is 12.1 Å². The summed E-state index contributed by atoms with van der Waals surface area (Å²) in [6, 6.07) is 6.15. The molecule has 0 radical (unpaired) electrons. The van der Waals surface area contributed by atoms with Gasteiger partial charge in [0.1, 0.15) is 5.82 Å². The Hall–Kier alpha value is -1.42. The summed E-state index contributed by atoms with van der Waals surface area (Å²) in [4.78, 5) is 10.5. The summed E-state index contributed by atoms with van der Waals surface area (Å²) in [5.74, 6) is -0.705. The molecule has 0 unspecified atom stereocenters. The standard InChI is InChI=1S/C10H13FN2O/c1-7(13-6-10(12)14)8-3-2-4-9(11)5-8/h2-5,7,13H,6H2,1H3,(H2,12,14)/t7-/m0/s1. The molecule has 0 aromatic heterocycles. The number of rotatable bonds is 4. The first-order chi connectivity index (χ1) is 6.59. The van der Waals surface area contributed by atoms with Crippen LogP contribution in [0.2, 0.25) is 0 Å². The zero-order valence-corrected chi connectivity index (χ0v) is 7.96. The van der Waals surface area contributed by atoms with Crippen LogP contribution in [-0.2, 0) is 4.79 Å². The van der Waals surface area contributed by atoms with Crippen LogP contribution in [-0.4, -0.2) is 12.5 Å². The van der Waals surface area contributed by atoms with Crippen LogP contribution < -0.4 is 11.1 Å². The van der Waals surface area contributed by atoms with Crippen molar-refractivity contribution in [2.45, 2.75) is 13.0 Å². The first kappa shape index (κ1) is 10.7. The third-order valence-corrected chi connectivity index (χ3v) is 1.93. The quantitative estimate of drug-likeness (QED) is 0.753. The second-order valence-corrected chi connectivity index (χ2v) is 3.12. The van der Waals surface area contributed by atoms with Gasteiger partial charge in [-0.15, -0.1) is 0 Å². The maximum Gasteiger partial charge on any atom is 0.231 e. The number of halogens is 1. The molecule has 0 heterocycles.